The number of para-hydroxylation sites is 3. The van der Waals surface area contributed by atoms with Crippen LogP contribution in [0.15, 0.2) is 146 Å². The van der Waals surface area contributed by atoms with Gasteiger partial charge in [0.25, 0.3) is 0 Å². The van der Waals surface area contributed by atoms with Crippen LogP contribution in [0.3, 0.4) is 0 Å². The molecule has 11 aromatic rings. The second-order valence-electron chi connectivity index (χ2n) is 15.4. The summed E-state index contributed by atoms with van der Waals surface area (Å²) in [7, 11) is 0. The summed E-state index contributed by atoms with van der Waals surface area (Å²) >= 11 is 0. The Morgan fingerprint density at radius 2 is 0.962 bits per heavy atom. The Hall–Kier alpha value is -6.12. The number of benzene rings is 8. The molecule has 248 valence electrons. The van der Waals surface area contributed by atoms with Crippen molar-refractivity contribution in [2.75, 3.05) is 0 Å². The number of aromatic nitrogens is 2. The van der Waals surface area contributed by atoms with Gasteiger partial charge in [-0.15, -0.1) is 0 Å². The van der Waals surface area contributed by atoms with Crippen LogP contribution in [0.5, 0.6) is 0 Å². The number of fused-ring (bicyclic) bond motifs is 11. The number of hydrogen-bond acceptors (Lipinski definition) is 0. The quantitative estimate of drug-likeness (QED) is 0.177. The molecule has 3 heterocycles. The third-order valence-electron chi connectivity index (χ3n) is 11.7. The molecule has 0 radical (unpaired) electrons. The van der Waals surface area contributed by atoms with Crippen LogP contribution in [0.4, 0.5) is 0 Å². The second kappa shape index (κ2) is 10.7. The van der Waals surface area contributed by atoms with E-state index in [1.807, 2.05) is 0 Å². The van der Waals surface area contributed by atoms with Gasteiger partial charge in [0.05, 0.1) is 27.6 Å². The minimum atomic E-state index is 0.478. The largest absolute Gasteiger partial charge is 0.309 e. The Balaban J connectivity index is 1.31. The first-order valence-electron chi connectivity index (χ1n) is 18.7. The summed E-state index contributed by atoms with van der Waals surface area (Å²) in [5.74, 6) is 0.957. The SMILES string of the molecule is CC(C)c1ccc2cc3c(cc2c1)c1cc(-c2cccc4c5ccccc5n(-c5ccccc5)c24)cc2c4cc5cc(C(C)C)ccc5cc4n3c12. The van der Waals surface area contributed by atoms with Crippen LogP contribution in [0.25, 0.3) is 98.3 Å². The van der Waals surface area contributed by atoms with E-state index in [4.69, 9.17) is 0 Å². The van der Waals surface area contributed by atoms with Crippen molar-refractivity contribution in [3.63, 3.8) is 0 Å². The van der Waals surface area contributed by atoms with E-state index in [9.17, 15) is 0 Å². The lowest BCUT2D eigenvalue weighted by Gasteiger charge is -2.12. The zero-order valence-electron chi connectivity index (χ0n) is 29.9. The van der Waals surface area contributed by atoms with E-state index in [-0.39, 0.29) is 0 Å². The molecular formula is C50H38N2. The second-order valence-corrected chi connectivity index (χ2v) is 15.4. The number of rotatable bonds is 4. The van der Waals surface area contributed by atoms with Crippen LogP contribution >= 0.6 is 0 Å². The molecule has 2 nitrogen and oxygen atoms in total. The fraction of sp³-hybridized carbons (Fsp3) is 0.120. The summed E-state index contributed by atoms with van der Waals surface area (Å²) in [5.41, 5.74) is 12.7. The van der Waals surface area contributed by atoms with Crippen molar-refractivity contribution < 1.29 is 0 Å². The first-order valence-corrected chi connectivity index (χ1v) is 18.7. The number of nitrogens with zero attached hydrogens (tertiary/aromatic N) is 2. The van der Waals surface area contributed by atoms with Gasteiger partial charge in [0.1, 0.15) is 0 Å². The van der Waals surface area contributed by atoms with Crippen molar-refractivity contribution in [1.82, 2.24) is 8.97 Å². The molecule has 0 fully saturated rings. The summed E-state index contributed by atoms with van der Waals surface area (Å²) < 4.78 is 5.01. The summed E-state index contributed by atoms with van der Waals surface area (Å²) in [6, 6.07) is 55.2. The maximum Gasteiger partial charge on any atom is 0.0620 e. The predicted molar refractivity (Wildman–Crippen MR) is 224 cm³/mol. The van der Waals surface area contributed by atoms with Gasteiger partial charge in [0.2, 0.25) is 0 Å². The van der Waals surface area contributed by atoms with Gasteiger partial charge in [0.15, 0.2) is 0 Å². The molecule has 0 N–H and O–H groups in total. The molecule has 0 spiro atoms. The lowest BCUT2D eigenvalue weighted by Crippen LogP contribution is -1.95. The Labute approximate surface area is 302 Å². The average molecular weight is 667 g/mol. The summed E-state index contributed by atoms with van der Waals surface area (Å²) in [5, 5.41) is 12.9. The molecule has 0 bridgehead atoms. The van der Waals surface area contributed by atoms with Crippen LogP contribution < -0.4 is 0 Å². The van der Waals surface area contributed by atoms with E-state index in [0.29, 0.717) is 11.8 Å². The molecule has 0 aliphatic rings. The van der Waals surface area contributed by atoms with E-state index in [2.05, 4.69) is 182 Å². The maximum absolute atomic E-state index is 2.55. The predicted octanol–water partition coefficient (Wildman–Crippen LogP) is 14.2. The molecule has 0 amide bonds. The van der Waals surface area contributed by atoms with E-state index in [1.54, 1.807) is 0 Å². The third kappa shape index (κ3) is 4.07. The van der Waals surface area contributed by atoms with Gasteiger partial charge in [-0.05, 0) is 105 Å². The Bertz CT molecular complexity index is 3090. The van der Waals surface area contributed by atoms with Gasteiger partial charge < -0.3 is 8.97 Å². The molecule has 2 heteroatoms. The molecule has 0 unspecified atom stereocenters. The monoisotopic (exact) mass is 666 g/mol. The molecule has 3 aromatic heterocycles. The molecule has 52 heavy (non-hydrogen) atoms. The van der Waals surface area contributed by atoms with E-state index in [1.165, 1.54) is 109 Å². The van der Waals surface area contributed by atoms with Gasteiger partial charge in [-0.1, -0.05) is 119 Å². The van der Waals surface area contributed by atoms with Gasteiger partial charge in [-0.25, -0.2) is 0 Å². The Morgan fingerprint density at radius 1 is 0.385 bits per heavy atom. The van der Waals surface area contributed by atoms with Crippen molar-refractivity contribution in [3.05, 3.63) is 157 Å². The molecule has 0 saturated carbocycles. The smallest absolute Gasteiger partial charge is 0.0620 e. The zero-order valence-corrected chi connectivity index (χ0v) is 29.9. The van der Waals surface area contributed by atoms with Gasteiger partial charge in [-0.2, -0.15) is 0 Å². The van der Waals surface area contributed by atoms with Crippen LogP contribution in [0.1, 0.15) is 50.7 Å². The van der Waals surface area contributed by atoms with Gasteiger partial charge >= 0.3 is 0 Å². The molecule has 0 aliphatic carbocycles. The lowest BCUT2D eigenvalue weighted by atomic mass is 9.95. The molecule has 0 atom stereocenters. The van der Waals surface area contributed by atoms with Crippen LogP contribution in [-0.4, -0.2) is 8.97 Å². The molecule has 0 saturated heterocycles. The maximum atomic E-state index is 2.55. The van der Waals surface area contributed by atoms with E-state index >= 15 is 0 Å². The normalized spacial score (nSPS) is 12.6. The average Bonchev–Trinajstić information content (AvgIpc) is 3.80. The van der Waals surface area contributed by atoms with Crippen molar-refractivity contribution in [2.24, 2.45) is 0 Å². The standard InChI is InChI=1S/C50H38N2/c1-29(2)31-17-19-33-27-47-42(23-35(33)21-31)44-25-37(26-45-43-24-36-22-32(30(3)4)18-20-34(36)28-48(43)52(47)50(44)45)39-14-10-15-41-40-13-8-9-16-46(40)51(49(39)41)38-11-6-5-7-12-38/h5-30H,1-4H3. The highest BCUT2D eigenvalue weighted by Gasteiger charge is 2.22. The molecule has 8 aromatic carbocycles. The number of hydrogen-bond donors (Lipinski definition) is 0. The van der Waals surface area contributed by atoms with Gasteiger partial charge in [-0.3, -0.25) is 0 Å². The Morgan fingerprint density at radius 3 is 1.58 bits per heavy atom. The van der Waals surface area contributed by atoms with Crippen molar-refractivity contribution in [2.45, 2.75) is 39.5 Å². The lowest BCUT2D eigenvalue weighted by molar-refractivity contribution is 0.869. The topological polar surface area (TPSA) is 9.34 Å². The summed E-state index contributed by atoms with van der Waals surface area (Å²) in [4.78, 5) is 0. The fourth-order valence-electron chi connectivity index (χ4n) is 9.04. The minimum absolute atomic E-state index is 0.478. The van der Waals surface area contributed by atoms with E-state index < -0.39 is 0 Å². The van der Waals surface area contributed by atoms with Crippen LogP contribution in [-0.2, 0) is 0 Å². The molecular weight excluding hydrogens is 629 g/mol. The van der Waals surface area contributed by atoms with Crippen molar-refractivity contribution in [1.29, 1.82) is 0 Å². The highest BCUT2D eigenvalue weighted by atomic mass is 15.0. The minimum Gasteiger partial charge on any atom is -0.309 e. The summed E-state index contributed by atoms with van der Waals surface area (Å²) in [6.07, 6.45) is 0. The molecule has 11 rings (SSSR count). The summed E-state index contributed by atoms with van der Waals surface area (Å²) in [6.45, 7) is 9.12. The zero-order chi connectivity index (χ0) is 34.8. The molecule has 0 aliphatic heterocycles. The third-order valence-corrected chi connectivity index (χ3v) is 11.7. The van der Waals surface area contributed by atoms with Crippen LogP contribution in [0, 0.1) is 0 Å². The fourth-order valence-corrected chi connectivity index (χ4v) is 9.04. The highest BCUT2D eigenvalue weighted by molar-refractivity contribution is 6.27. The van der Waals surface area contributed by atoms with Crippen molar-refractivity contribution in [3.8, 4) is 16.8 Å². The van der Waals surface area contributed by atoms with Crippen molar-refractivity contribution >= 4 is 81.4 Å². The highest BCUT2D eigenvalue weighted by Crippen LogP contribution is 2.46. The first kappa shape index (κ1) is 29.6. The Kier molecular flexibility index (Phi) is 6.09. The first-order chi connectivity index (χ1) is 25.4. The van der Waals surface area contributed by atoms with E-state index in [0.717, 1.165) is 0 Å². The van der Waals surface area contributed by atoms with Gasteiger partial charge in [0, 0.05) is 43.6 Å². The van der Waals surface area contributed by atoms with Crippen LogP contribution in [0.2, 0.25) is 0 Å².